The molecule has 1 atom stereocenters. The van der Waals surface area contributed by atoms with Crippen molar-refractivity contribution in [2.45, 2.75) is 26.3 Å². The van der Waals surface area contributed by atoms with Crippen molar-refractivity contribution in [1.29, 1.82) is 5.26 Å². The summed E-state index contributed by atoms with van der Waals surface area (Å²) in [5.41, 5.74) is 1.30. The molecule has 1 N–H and O–H groups in total. The van der Waals surface area contributed by atoms with Crippen LogP contribution in [0.2, 0.25) is 0 Å². The molecule has 0 aliphatic carbocycles. The molecule has 6 nitrogen and oxygen atoms in total. The lowest BCUT2D eigenvalue weighted by Gasteiger charge is -2.36. The number of nitriles is 1. The molecule has 2 aromatic carbocycles. The van der Waals surface area contributed by atoms with Crippen molar-refractivity contribution in [2.24, 2.45) is 5.92 Å². The fraction of sp³-hybridized carbons (Fsp3) is 0.364. The number of rotatable bonds is 5. The molecule has 1 fully saturated rings. The van der Waals surface area contributed by atoms with Crippen LogP contribution < -0.4 is 10.1 Å². The molecule has 146 valence electrons. The van der Waals surface area contributed by atoms with Crippen LogP contribution >= 0.6 is 0 Å². The normalized spacial score (nSPS) is 16.5. The minimum Gasteiger partial charge on any atom is -0.457 e. The lowest BCUT2D eigenvalue weighted by Crippen LogP contribution is -2.50. The molecule has 2 aromatic rings. The number of anilines is 1. The van der Waals surface area contributed by atoms with Gasteiger partial charge in [0.05, 0.1) is 30.9 Å². The Labute approximate surface area is 165 Å². The minimum atomic E-state index is -0.102. The third-order valence-corrected chi connectivity index (χ3v) is 4.56. The zero-order valence-corrected chi connectivity index (χ0v) is 16.2. The maximum Gasteiger partial charge on any atom is 0.322 e. The Kier molecular flexibility index (Phi) is 6.51. The van der Waals surface area contributed by atoms with Gasteiger partial charge in [-0.2, -0.15) is 5.26 Å². The summed E-state index contributed by atoms with van der Waals surface area (Å²) in [5, 5.41) is 11.8. The molecule has 0 aromatic heterocycles. The number of carbonyl (C=O) groups is 1. The fourth-order valence-electron chi connectivity index (χ4n) is 3.20. The summed E-state index contributed by atoms with van der Waals surface area (Å²) < 4.78 is 11.3. The van der Waals surface area contributed by atoms with Gasteiger partial charge < -0.3 is 19.7 Å². The van der Waals surface area contributed by atoms with E-state index in [1.54, 1.807) is 36.4 Å². The van der Waals surface area contributed by atoms with E-state index in [0.29, 0.717) is 48.4 Å². The first kappa shape index (κ1) is 19.7. The summed E-state index contributed by atoms with van der Waals surface area (Å²) in [6, 6.07) is 16.2. The van der Waals surface area contributed by atoms with E-state index in [1.165, 1.54) is 0 Å². The highest BCUT2D eigenvalue weighted by Crippen LogP contribution is 2.24. The summed E-state index contributed by atoms with van der Waals surface area (Å²) in [6.07, 6.45) is 0.921. The molecule has 1 aliphatic heterocycles. The molecular formula is C22H25N3O3. The first-order valence-corrected chi connectivity index (χ1v) is 9.48. The highest BCUT2D eigenvalue weighted by molar-refractivity contribution is 5.89. The molecule has 1 aliphatic rings. The number of hydrogen-bond donors (Lipinski definition) is 1. The van der Waals surface area contributed by atoms with Gasteiger partial charge in [-0.25, -0.2) is 4.79 Å². The molecule has 0 saturated carbocycles. The van der Waals surface area contributed by atoms with Crippen molar-refractivity contribution < 1.29 is 14.3 Å². The molecule has 0 radical (unpaired) electrons. The molecule has 3 rings (SSSR count). The quantitative estimate of drug-likeness (QED) is 0.822. The van der Waals surface area contributed by atoms with Crippen LogP contribution in [0.1, 0.15) is 25.8 Å². The number of hydrogen-bond acceptors (Lipinski definition) is 4. The average molecular weight is 379 g/mol. The minimum absolute atomic E-state index is 0.102. The van der Waals surface area contributed by atoms with Gasteiger partial charge in [-0.3, -0.25) is 0 Å². The van der Waals surface area contributed by atoms with Crippen LogP contribution in [0.5, 0.6) is 11.5 Å². The van der Waals surface area contributed by atoms with Gasteiger partial charge >= 0.3 is 6.03 Å². The molecule has 1 heterocycles. The summed E-state index contributed by atoms with van der Waals surface area (Å²) >= 11 is 0. The Hall–Kier alpha value is -3.04. The molecule has 0 bridgehead atoms. The highest BCUT2D eigenvalue weighted by atomic mass is 16.5. The van der Waals surface area contributed by atoms with E-state index in [0.717, 1.165) is 6.42 Å². The summed E-state index contributed by atoms with van der Waals surface area (Å²) in [4.78, 5) is 14.6. The number of nitrogens with one attached hydrogen (secondary N) is 1. The van der Waals surface area contributed by atoms with Crippen LogP contribution in [0.4, 0.5) is 10.5 Å². The van der Waals surface area contributed by atoms with E-state index in [4.69, 9.17) is 14.7 Å². The molecule has 1 saturated heterocycles. The number of morpholine rings is 1. The Morgan fingerprint density at radius 1 is 1.21 bits per heavy atom. The van der Waals surface area contributed by atoms with Crippen molar-refractivity contribution in [2.75, 3.05) is 25.1 Å². The van der Waals surface area contributed by atoms with Gasteiger partial charge in [0.2, 0.25) is 0 Å². The summed E-state index contributed by atoms with van der Waals surface area (Å²) in [6.45, 7) is 6.06. The maximum atomic E-state index is 12.7. The van der Waals surface area contributed by atoms with Crippen LogP contribution in [-0.2, 0) is 4.74 Å². The topological polar surface area (TPSA) is 74.6 Å². The fourth-order valence-corrected chi connectivity index (χ4v) is 3.20. The van der Waals surface area contributed by atoms with Crippen molar-refractivity contribution in [1.82, 2.24) is 4.90 Å². The van der Waals surface area contributed by atoms with Crippen molar-refractivity contribution in [3.63, 3.8) is 0 Å². The van der Waals surface area contributed by atoms with Gasteiger partial charge in [0.15, 0.2) is 0 Å². The van der Waals surface area contributed by atoms with E-state index in [1.807, 2.05) is 17.0 Å². The van der Waals surface area contributed by atoms with Gasteiger partial charge in [0.25, 0.3) is 0 Å². The largest absolute Gasteiger partial charge is 0.457 e. The van der Waals surface area contributed by atoms with Gasteiger partial charge in [-0.15, -0.1) is 0 Å². The first-order chi connectivity index (χ1) is 13.5. The molecule has 6 heteroatoms. The average Bonchev–Trinajstić information content (AvgIpc) is 2.70. The third kappa shape index (κ3) is 5.24. The number of carbonyl (C=O) groups excluding carboxylic acids is 1. The maximum absolute atomic E-state index is 12.7. The Bertz CT molecular complexity index is 826. The van der Waals surface area contributed by atoms with Crippen molar-refractivity contribution in [3.05, 3.63) is 54.1 Å². The second kappa shape index (κ2) is 9.25. The lowest BCUT2D eigenvalue weighted by atomic mass is 10.0. The number of nitrogens with zero attached hydrogens (tertiary/aromatic N) is 2. The Morgan fingerprint density at radius 3 is 2.46 bits per heavy atom. The highest BCUT2D eigenvalue weighted by Gasteiger charge is 2.27. The predicted octanol–water partition coefficient (Wildman–Crippen LogP) is 4.63. The number of ether oxygens (including phenoxy) is 2. The monoisotopic (exact) mass is 379 g/mol. The van der Waals surface area contributed by atoms with Gasteiger partial charge in [0.1, 0.15) is 11.5 Å². The lowest BCUT2D eigenvalue weighted by molar-refractivity contribution is 0.00857. The second-order valence-electron chi connectivity index (χ2n) is 7.24. The van der Waals surface area contributed by atoms with E-state index >= 15 is 0 Å². The standard InChI is InChI=1S/C22H25N3O3/c1-16(2)13-19-15-27-12-11-25(19)22(26)24-18-5-9-21(10-6-18)28-20-7-3-17(14-23)4-8-20/h3-10,16,19H,11-13,15H2,1-2H3,(H,24,26). The number of amides is 2. The molecule has 28 heavy (non-hydrogen) atoms. The van der Waals surface area contributed by atoms with E-state index in [-0.39, 0.29) is 12.1 Å². The summed E-state index contributed by atoms with van der Waals surface area (Å²) in [7, 11) is 0. The zero-order chi connectivity index (χ0) is 19.9. The second-order valence-corrected chi connectivity index (χ2v) is 7.24. The molecular weight excluding hydrogens is 354 g/mol. The van der Waals surface area contributed by atoms with E-state index in [9.17, 15) is 4.79 Å². The molecule has 2 amide bonds. The number of urea groups is 1. The van der Waals surface area contributed by atoms with Crippen molar-refractivity contribution in [3.8, 4) is 17.6 Å². The van der Waals surface area contributed by atoms with Crippen LogP contribution in [0.25, 0.3) is 0 Å². The van der Waals surface area contributed by atoms with Crippen LogP contribution in [-0.4, -0.2) is 36.7 Å². The van der Waals surface area contributed by atoms with Gasteiger partial charge in [-0.1, -0.05) is 13.8 Å². The zero-order valence-electron chi connectivity index (χ0n) is 16.2. The smallest absolute Gasteiger partial charge is 0.322 e. The first-order valence-electron chi connectivity index (χ1n) is 9.48. The predicted molar refractivity (Wildman–Crippen MR) is 107 cm³/mol. The van der Waals surface area contributed by atoms with Crippen molar-refractivity contribution >= 4 is 11.7 Å². The number of benzene rings is 2. The van der Waals surface area contributed by atoms with Gasteiger partial charge in [0, 0.05) is 12.2 Å². The van der Waals surface area contributed by atoms with E-state index < -0.39 is 0 Å². The van der Waals surface area contributed by atoms with E-state index in [2.05, 4.69) is 25.2 Å². The van der Waals surface area contributed by atoms with Gasteiger partial charge in [-0.05, 0) is 60.9 Å². The molecule has 0 spiro atoms. The van der Waals surface area contributed by atoms with Crippen LogP contribution in [0, 0.1) is 17.2 Å². The summed E-state index contributed by atoms with van der Waals surface area (Å²) in [5.74, 6) is 1.81. The Balaban J connectivity index is 1.59. The Morgan fingerprint density at radius 2 is 1.86 bits per heavy atom. The van der Waals surface area contributed by atoms with Crippen LogP contribution in [0.3, 0.4) is 0 Å². The van der Waals surface area contributed by atoms with Crippen LogP contribution in [0.15, 0.2) is 48.5 Å². The third-order valence-electron chi connectivity index (χ3n) is 4.56. The SMILES string of the molecule is CC(C)CC1COCCN1C(=O)Nc1ccc(Oc2ccc(C#N)cc2)cc1. The molecule has 1 unspecified atom stereocenters.